The molecule has 0 saturated heterocycles. The summed E-state index contributed by atoms with van der Waals surface area (Å²) >= 11 is 0. The van der Waals surface area contributed by atoms with Gasteiger partial charge in [-0.25, -0.2) is 15.8 Å². The minimum absolute atomic E-state index is 0.258. The molecule has 20 heavy (non-hydrogen) atoms. The molecule has 0 aromatic carbocycles. The molecule has 0 fully saturated rings. The van der Waals surface area contributed by atoms with Crippen LogP contribution < -0.4 is 16.6 Å². The van der Waals surface area contributed by atoms with Crippen molar-refractivity contribution in [2.45, 2.75) is 19.8 Å². The van der Waals surface area contributed by atoms with Crippen molar-refractivity contribution in [3.8, 4) is 0 Å². The topological polar surface area (TPSA) is 88.3 Å². The number of nitrogens with two attached hydrogens (primary N) is 1. The largest absolute Gasteiger partial charge is 0.383 e. The zero-order valence-corrected chi connectivity index (χ0v) is 12.8. The number of rotatable bonds is 9. The van der Waals surface area contributed by atoms with Crippen molar-refractivity contribution in [2.24, 2.45) is 5.84 Å². The third-order valence-electron chi connectivity index (χ3n) is 2.88. The number of nitrogen functional groups attached to an aromatic ring is 1. The van der Waals surface area contributed by atoms with Crippen LogP contribution in [0.4, 0.5) is 11.6 Å². The van der Waals surface area contributed by atoms with E-state index in [0.717, 1.165) is 37.9 Å². The van der Waals surface area contributed by atoms with E-state index in [2.05, 4.69) is 46.5 Å². The van der Waals surface area contributed by atoms with E-state index in [1.807, 2.05) is 0 Å². The molecule has 4 N–H and O–H groups in total. The van der Waals surface area contributed by atoms with Gasteiger partial charge in [0.05, 0.1) is 6.61 Å². The van der Waals surface area contributed by atoms with Gasteiger partial charge in [-0.1, -0.05) is 13.8 Å². The van der Waals surface area contributed by atoms with Crippen LogP contribution in [0.1, 0.15) is 25.6 Å². The lowest BCUT2D eigenvalue weighted by Gasteiger charge is -2.17. The molecule has 0 amide bonds. The van der Waals surface area contributed by atoms with Crippen LogP contribution in [0, 0.1) is 0 Å². The molecule has 0 aliphatic carbocycles. The highest BCUT2D eigenvalue weighted by atomic mass is 16.5. The predicted molar refractivity (Wildman–Crippen MR) is 81.8 cm³/mol. The Balaban J connectivity index is 2.52. The minimum Gasteiger partial charge on any atom is -0.383 e. The predicted octanol–water partition coefficient (Wildman–Crippen LogP) is 0.876. The molecule has 1 heterocycles. The van der Waals surface area contributed by atoms with Crippen molar-refractivity contribution in [2.75, 3.05) is 51.1 Å². The van der Waals surface area contributed by atoms with Gasteiger partial charge in [-0.15, -0.1) is 0 Å². The highest BCUT2D eigenvalue weighted by Crippen LogP contribution is 2.16. The van der Waals surface area contributed by atoms with Gasteiger partial charge in [0.15, 0.2) is 0 Å². The second-order valence-corrected chi connectivity index (χ2v) is 5.02. The van der Waals surface area contributed by atoms with Crippen molar-refractivity contribution in [1.29, 1.82) is 0 Å². The monoisotopic (exact) mass is 282 g/mol. The Morgan fingerprint density at radius 3 is 2.60 bits per heavy atom. The number of anilines is 2. The highest BCUT2D eigenvalue weighted by Gasteiger charge is 2.07. The molecular formula is C13H26N6O. The fourth-order valence-electron chi connectivity index (χ4n) is 1.62. The van der Waals surface area contributed by atoms with Gasteiger partial charge in [0.2, 0.25) is 0 Å². The molecular weight excluding hydrogens is 256 g/mol. The van der Waals surface area contributed by atoms with Crippen molar-refractivity contribution in [1.82, 2.24) is 14.9 Å². The third-order valence-corrected chi connectivity index (χ3v) is 2.88. The van der Waals surface area contributed by atoms with Crippen LogP contribution in [0.15, 0.2) is 6.07 Å². The summed E-state index contributed by atoms with van der Waals surface area (Å²) in [5, 5.41) is 3.29. The average molecular weight is 282 g/mol. The molecule has 0 bridgehead atoms. The average Bonchev–Trinajstić information content (AvgIpc) is 2.44. The van der Waals surface area contributed by atoms with Crippen LogP contribution in [-0.2, 0) is 4.74 Å². The first-order chi connectivity index (χ1) is 9.56. The Labute approximate surface area is 120 Å². The second kappa shape index (κ2) is 8.68. The van der Waals surface area contributed by atoms with Gasteiger partial charge in [0, 0.05) is 38.7 Å². The number of nitrogens with one attached hydrogen (secondary N) is 2. The van der Waals surface area contributed by atoms with Crippen LogP contribution in [-0.4, -0.2) is 55.3 Å². The van der Waals surface area contributed by atoms with Gasteiger partial charge in [-0.3, -0.25) is 0 Å². The molecule has 0 saturated carbocycles. The Bertz CT molecular complexity index is 398. The quantitative estimate of drug-likeness (QED) is 0.457. The molecule has 7 nitrogen and oxygen atoms in total. The molecule has 0 unspecified atom stereocenters. The van der Waals surface area contributed by atoms with Crippen LogP contribution in [0.2, 0.25) is 0 Å². The first-order valence-corrected chi connectivity index (χ1v) is 6.83. The summed E-state index contributed by atoms with van der Waals surface area (Å²) in [6, 6.07) is 1.81. The maximum Gasteiger partial charge on any atom is 0.145 e. The van der Waals surface area contributed by atoms with Crippen LogP contribution in [0.25, 0.3) is 0 Å². The molecule has 0 radical (unpaired) electrons. The van der Waals surface area contributed by atoms with Crippen molar-refractivity contribution in [3.05, 3.63) is 11.9 Å². The maximum absolute atomic E-state index is 5.43. The number of hydrogen-bond acceptors (Lipinski definition) is 7. The van der Waals surface area contributed by atoms with Gasteiger partial charge in [-0.2, -0.15) is 0 Å². The van der Waals surface area contributed by atoms with E-state index in [0.29, 0.717) is 5.82 Å². The summed E-state index contributed by atoms with van der Waals surface area (Å²) in [4.78, 5) is 11.0. The zero-order valence-electron chi connectivity index (χ0n) is 12.8. The van der Waals surface area contributed by atoms with Gasteiger partial charge in [0.1, 0.15) is 17.5 Å². The lowest BCUT2D eigenvalue weighted by molar-refractivity contribution is 0.163. The number of hydrazine groups is 1. The summed E-state index contributed by atoms with van der Waals surface area (Å²) in [5.74, 6) is 7.87. The number of hydrogen-bond donors (Lipinski definition) is 3. The maximum atomic E-state index is 5.43. The molecule has 7 heteroatoms. The lowest BCUT2D eigenvalue weighted by atomic mass is 10.2. The summed E-state index contributed by atoms with van der Waals surface area (Å²) < 4.78 is 5.04. The number of aromatic nitrogens is 2. The summed E-state index contributed by atoms with van der Waals surface area (Å²) in [6.45, 7) is 7.47. The van der Waals surface area contributed by atoms with Crippen LogP contribution in [0.5, 0.6) is 0 Å². The van der Waals surface area contributed by atoms with E-state index in [4.69, 9.17) is 10.6 Å². The minimum atomic E-state index is 0.258. The fourth-order valence-corrected chi connectivity index (χ4v) is 1.62. The van der Waals surface area contributed by atoms with Crippen LogP contribution in [0.3, 0.4) is 0 Å². The number of likely N-dealkylation sites (N-methyl/N-ethyl adjacent to an activating group) is 1. The summed E-state index contributed by atoms with van der Waals surface area (Å²) in [7, 11) is 3.77. The smallest absolute Gasteiger partial charge is 0.145 e. The molecule has 1 aromatic heterocycles. The molecule has 114 valence electrons. The van der Waals surface area contributed by atoms with E-state index >= 15 is 0 Å². The summed E-state index contributed by atoms with van der Waals surface area (Å²) in [6.07, 6.45) is 0. The number of methoxy groups -OCH3 is 1. The van der Waals surface area contributed by atoms with Gasteiger partial charge in [-0.05, 0) is 7.05 Å². The SMILES string of the molecule is COCCN(C)CCNc1cc(NN)nc(C(C)C)n1. The van der Waals surface area contributed by atoms with E-state index in [1.165, 1.54) is 0 Å². The Hall–Kier alpha value is -1.44. The van der Waals surface area contributed by atoms with Crippen molar-refractivity contribution < 1.29 is 4.74 Å². The van der Waals surface area contributed by atoms with Gasteiger partial charge < -0.3 is 20.4 Å². The molecule has 0 aliphatic heterocycles. The van der Waals surface area contributed by atoms with Crippen LogP contribution >= 0.6 is 0 Å². The van der Waals surface area contributed by atoms with Gasteiger partial charge in [0.25, 0.3) is 0 Å². The molecule has 0 aliphatic rings. The Kier molecular flexibility index (Phi) is 7.21. The fraction of sp³-hybridized carbons (Fsp3) is 0.692. The molecule has 1 rings (SSSR count). The second-order valence-electron chi connectivity index (χ2n) is 5.02. The standard InChI is InChI=1S/C13H26N6O/c1-10(2)13-16-11(9-12(17-13)18-14)15-5-6-19(3)7-8-20-4/h9-10H,5-8,14H2,1-4H3,(H2,15,16,17,18). The van der Waals surface area contributed by atoms with Gasteiger partial charge >= 0.3 is 0 Å². The first kappa shape index (κ1) is 16.6. The first-order valence-electron chi connectivity index (χ1n) is 6.83. The highest BCUT2D eigenvalue weighted by molar-refractivity contribution is 5.47. The lowest BCUT2D eigenvalue weighted by Crippen LogP contribution is -2.28. The van der Waals surface area contributed by atoms with E-state index in [9.17, 15) is 0 Å². The normalized spacial score (nSPS) is 11.2. The Morgan fingerprint density at radius 2 is 2.00 bits per heavy atom. The number of nitrogens with zero attached hydrogens (tertiary/aromatic N) is 3. The Morgan fingerprint density at radius 1 is 1.30 bits per heavy atom. The zero-order chi connectivity index (χ0) is 15.0. The number of ether oxygens (including phenoxy) is 1. The molecule has 0 spiro atoms. The molecule has 0 atom stereocenters. The third kappa shape index (κ3) is 5.68. The van der Waals surface area contributed by atoms with Crippen molar-refractivity contribution >= 4 is 11.6 Å². The van der Waals surface area contributed by atoms with Crippen molar-refractivity contribution in [3.63, 3.8) is 0 Å². The van der Waals surface area contributed by atoms with E-state index in [1.54, 1.807) is 13.2 Å². The molecule has 1 aromatic rings. The summed E-state index contributed by atoms with van der Waals surface area (Å²) in [5.41, 5.74) is 2.57. The van der Waals surface area contributed by atoms with E-state index in [-0.39, 0.29) is 5.92 Å². The van der Waals surface area contributed by atoms with E-state index < -0.39 is 0 Å².